The van der Waals surface area contributed by atoms with E-state index in [4.69, 9.17) is 5.73 Å². The van der Waals surface area contributed by atoms with Gasteiger partial charge in [-0.05, 0) is 50.7 Å². The average molecular weight is 445 g/mol. The van der Waals surface area contributed by atoms with Crippen molar-refractivity contribution in [1.82, 2.24) is 25.1 Å². The molecule has 9 nitrogen and oxygen atoms in total. The summed E-state index contributed by atoms with van der Waals surface area (Å²) in [4.78, 5) is 15.4. The fraction of sp³-hybridized carbons (Fsp3) is 0.333. The lowest BCUT2D eigenvalue weighted by Gasteiger charge is -2.25. The Balaban J connectivity index is 1.50. The Morgan fingerprint density at radius 3 is 2.67 bits per heavy atom. The molecule has 1 fully saturated rings. The molecule has 0 spiro atoms. The number of para-hydroxylation sites is 1. The van der Waals surface area contributed by atoms with E-state index in [9.17, 15) is 5.11 Å². The van der Waals surface area contributed by atoms with Crippen molar-refractivity contribution in [2.75, 3.05) is 62.4 Å². The molecule has 0 saturated carbocycles. The van der Waals surface area contributed by atoms with E-state index in [1.165, 1.54) is 0 Å². The first-order valence-corrected chi connectivity index (χ1v) is 10.9. The van der Waals surface area contributed by atoms with Gasteiger partial charge in [0.15, 0.2) is 5.82 Å². The van der Waals surface area contributed by atoms with Crippen LogP contribution in [0.1, 0.15) is 12.2 Å². The molecule has 170 valence electrons. The number of nitrogens with zero attached hydrogens (tertiary/aromatic N) is 7. The summed E-state index contributed by atoms with van der Waals surface area (Å²) in [6.07, 6.45) is 2.69. The fourth-order valence-corrected chi connectivity index (χ4v) is 3.72. The quantitative estimate of drug-likeness (QED) is 0.583. The molecule has 33 heavy (non-hydrogen) atoms. The number of rotatable bonds is 4. The van der Waals surface area contributed by atoms with Gasteiger partial charge in [0.1, 0.15) is 11.6 Å². The number of hydrogen-bond donors (Lipinski definition) is 2. The van der Waals surface area contributed by atoms with Crippen molar-refractivity contribution in [2.45, 2.75) is 6.42 Å². The molecule has 1 saturated heterocycles. The molecule has 3 aromatic rings. The zero-order valence-electron chi connectivity index (χ0n) is 18.9. The van der Waals surface area contributed by atoms with Crippen LogP contribution in [0.2, 0.25) is 0 Å². The Morgan fingerprint density at radius 1 is 1.06 bits per heavy atom. The molecule has 4 rings (SSSR count). The number of nitrogens with two attached hydrogens (primary N) is 1. The zero-order valence-corrected chi connectivity index (χ0v) is 18.9. The highest BCUT2D eigenvalue weighted by Gasteiger charge is 2.20. The topological polar surface area (TPSA) is 108 Å². The molecule has 1 aliphatic heterocycles. The molecular formula is C24H28N8O. The highest BCUT2D eigenvalue weighted by Crippen LogP contribution is 2.31. The van der Waals surface area contributed by atoms with Crippen molar-refractivity contribution in [1.29, 1.82) is 0 Å². The second-order valence-electron chi connectivity index (χ2n) is 8.12. The first-order valence-electron chi connectivity index (χ1n) is 10.9. The maximum atomic E-state index is 10.2. The second-order valence-corrected chi connectivity index (χ2v) is 8.12. The number of phenols is 1. The lowest BCUT2D eigenvalue weighted by molar-refractivity contribution is 0.464. The van der Waals surface area contributed by atoms with Crippen molar-refractivity contribution >= 4 is 17.3 Å². The SMILES string of the molecule is CN(C)CC#Cc1nccc(N2CCCN(c3cc(-c4ccccc4O)nnc3N)CC2)n1. The van der Waals surface area contributed by atoms with E-state index < -0.39 is 0 Å². The normalized spacial score (nSPS) is 14.0. The number of nitrogen functional groups attached to an aromatic ring is 1. The largest absolute Gasteiger partial charge is 0.507 e. The Bertz CT molecular complexity index is 1170. The fourth-order valence-electron chi connectivity index (χ4n) is 3.72. The van der Waals surface area contributed by atoms with Gasteiger partial charge in [-0.15, -0.1) is 10.2 Å². The minimum absolute atomic E-state index is 0.165. The molecule has 3 N–H and O–H groups in total. The van der Waals surface area contributed by atoms with Crippen LogP contribution in [0.15, 0.2) is 42.6 Å². The van der Waals surface area contributed by atoms with E-state index in [-0.39, 0.29) is 5.75 Å². The standard InChI is InChI=1S/C24H28N8O/c1-30(2)12-5-9-22-26-11-10-23(27-22)32-14-6-13-31(15-16-32)20-17-19(28-29-24(20)25)18-7-3-4-8-21(18)33/h3-4,7-8,10-11,17,33H,6,12-16H2,1-2H3,(H2,25,29). The number of benzene rings is 1. The third-order valence-electron chi connectivity index (χ3n) is 5.38. The van der Waals surface area contributed by atoms with Gasteiger partial charge in [-0.3, -0.25) is 4.90 Å². The molecule has 9 heteroatoms. The molecule has 0 unspecified atom stereocenters. The third-order valence-corrected chi connectivity index (χ3v) is 5.38. The molecule has 3 heterocycles. The zero-order chi connectivity index (χ0) is 23.2. The van der Waals surface area contributed by atoms with Gasteiger partial charge in [0.25, 0.3) is 0 Å². The summed E-state index contributed by atoms with van der Waals surface area (Å²) in [7, 11) is 3.96. The summed E-state index contributed by atoms with van der Waals surface area (Å²) in [5.74, 6) is 8.06. The highest BCUT2D eigenvalue weighted by molar-refractivity contribution is 5.74. The second kappa shape index (κ2) is 10.1. The molecule has 0 aliphatic carbocycles. The Hall–Kier alpha value is -3.90. The summed E-state index contributed by atoms with van der Waals surface area (Å²) in [6.45, 7) is 3.88. The van der Waals surface area contributed by atoms with E-state index in [1.54, 1.807) is 18.3 Å². The molecule has 0 radical (unpaired) electrons. The summed E-state index contributed by atoms with van der Waals surface area (Å²) < 4.78 is 0. The van der Waals surface area contributed by atoms with E-state index in [1.807, 2.05) is 43.3 Å². The molecule has 0 amide bonds. The number of anilines is 3. The van der Waals surface area contributed by atoms with Gasteiger partial charge in [0.05, 0.1) is 17.9 Å². The third kappa shape index (κ3) is 5.48. The van der Waals surface area contributed by atoms with Crippen LogP contribution in [0.5, 0.6) is 5.75 Å². The molecule has 0 atom stereocenters. The monoisotopic (exact) mass is 444 g/mol. The van der Waals surface area contributed by atoms with Gasteiger partial charge in [-0.2, -0.15) is 0 Å². The minimum atomic E-state index is 0.165. The first kappa shape index (κ1) is 22.3. The van der Waals surface area contributed by atoms with Gasteiger partial charge in [-0.25, -0.2) is 9.97 Å². The van der Waals surface area contributed by atoms with Gasteiger partial charge in [0.2, 0.25) is 5.82 Å². The van der Waals surface area contributed by atoms with Crippen LogP contribution >= 0.6 is 0 Å². The molecule has 1 aliphatic rings. The lowest BCUT2D eigenvalue weighted by atomic mass is 10.1. The number of aromatic nitrogens is 4. The Kier molecular flexibility index (Phi) is 6.86. The van der Waals surface area contributed by atoms with Crippen molar-refractivity contribution in [3.63, 3.8) is 0 Å². The van der Waals surface area contributed by atoms with E-state index in [2.05, 4.69) is 41.8 Å². The summed E-state index contributed by atoms with van der Waals surface area (Å²) >= 11 is 0. The Morgan fingerprint density at radius 2 is 1.85 bits per heavy atom. The smallest absolute Gasteiger partial charge is 0.206 e. The molecule has 0 bridgehead atoms. The van der Waals surface area contributed by atoms with Crippen LogP contribution in [0.25, 0.3) is 11.3 Å². The van der Waals surface area contributed by atoms with Gasteiger partial charge in [-0.1, -0.05) is 18.1 Å². The van der Waals surface area contributed by atoms with Crippen molar-refractivity contribution in [3.05, 3.63) is 48.4 Å². The molecule has 1 aromatic carbocycles. The van der Waals surface area contributed by atoms with Crippen molar-refractivity contribution in [3.8, 4) is 28.8 Å². The van der Waals surface area contributed by atoms with Gasteiger partial charge in [0, 0.05) is 37.9 Å². The Labute approximate surface area is 193 Å². The minimum Gasteiger partial charge on any atom is -0.507 e. The van der Waals surface area contributed by atoms with Crippen molar-refractivity contribution < 1.29 is 5.11 Å². The van der Waals surface area contributed by atoms with Crippen LogP contribution in [0, 0.1) is 11.8 Å². The van der Waals surface area contributed by atoms with Crippen LogP contribution < -0.4 is 15.5 Å². The van der Waals surface area contributed by atoms with Crippen LogP contribution in [-0.4, -0.2) is 77.0 Å². The maximum Gasteiger partial charge on any atom is 0.206 e. The van der Waals surface area contributed by atoms with Gasteiger partial charge >= 0.3 is 0 Å². The van der Waals surface area contributed by atoms with Crippen LogP contribution in [-0.2, 0) is 0 Å². The average Bonchev–Trinajstić information content (AvgIpc) is 3.06. The van der Waals surface area contributed by atoms with Crippen LogP contribution in [0.4, 0.5) is 17.3 Å². The molecule has 2 aromatic heterocycles. The predicted octanol–water partition coefficient (Wildman–Crippen LogP) is 1.85. The summed E-state index contributed by atoms with van der Waals surface area (Å²) in [5.41, 5.74) is 8.24. The highest BCUT2D eigenvalue weighted by atomic mass is 16.3. The molecular weight excluding hydrogens is 416 g/mol. The lowest BCUT2D eigenvalue weighted by Crippen LogP contribution is -2.31. The first-order chi connectivity index (χ1) is 16.0. The summed E-state index contributed by atoms with van der Waals surface area (Å²) in [5, 5.41) is 18.5. The number of phenolic OH excluding ortho intramolecular Hbond substituents is 1. The number of aromatic hydroxyl groups is 1. The predicted molar refractivity (Wildman–Crippen MR) is 130 cm³/mol. The number of hydrogen-bond acceptors (Lipinski definition) is 9. The van der Waals surface area contributed by atoms with E-state index >= 15 is 0 Å². The van der Waals surface area contributed by atoms with E-state index in [0.717, 1.165) is 44.1 Å². The van der Waals surface area contributed by atoms with Crippen LogP contribution in [0.3, 0.4) is 0 Å². The van der Waals surface area contributed by atoms with Gasteiger partial charge < -0.3 is 20.6 Å². The van der Waals surface area contributed by atoms with Crippen molar-refractivity contribution in [2.24, 2.45) is 0 Å². The maximum absolute atomic E-state index is 10.2. The van der Waals surface area contributed by atoms with E-state index in [0.29, 0.717) is 29.4 Å². The summed E-state index contributed by atoms with van der Waals surface area (Å²) in [6, 6.07) is 10.9.